The van der Waals surface area contributed by atoms with Crippen LogP contribution in [0.3, 0.4) is 0 Å². The predicted molar refractivity (Wildman–Crippen MR) is 98.0 cm³/mol. The first-order valence-corrected chi connectivity index (χ1v) is 8.89. The zero-order valence-corrected chi connectivity index (χ0v) is 15.0. The van der Waals surface area contributed by atoms with Crippen LogP contribution in [0.2, 0.25) is 0 Å². The number of hydrogen-bond donors (Lipinski definition) is 0. The summed E-state index contributed by atoms with van der Waals surface area (Å²) in [5.41, 5.74) is 3.73. The number of benzene rings is 1. The molecule has 0 amide bonds. The molecule has 4 heteroatoms. The van der Waals surface area contributed by atoms with E-state index in [1.165, 1.54) is 36.1 Å². The van der Waals surface area contributed by atoms with Gasteiger partial charge >= 0.3 is 0 Å². The summed E-state index contributed by atoms with van der Waals surface area (Å²) in [5, 5.41) is 4.71. The summed E-state index contributed by atoms with van der Waals surface area (Å²) >= 11 is 0. The molecular formula is C20H28N3O. The molecule has 0 unspecified atom stereocenters. The van der Waals surface area contributed by atoms with Crippen LogP contribution in [0.25, 0.3) is 11.3 Å². The zero-order chi connectivity index (χ0) is 17.1. The molecule has 24 heavy (non-hydrogen) atoms. The third-order valence-corrected chi connectivity index (χ3v) is 4.61. The van der Waals surface area contributed by atoms with Crippen molar-refractivity contribution in [3.8, 4) is 17.0 Å². The minimum atomic E-state index is 0.192. The molecular weight excluding hydrogens is 298 g/mol. The first-order chi connectivity index (χ1) is 11.6. The summed E-state index contributed by atoms with van der Waals surface area (Å²) in [5.74, 6) is 0.917. The fourth-order valence-corrected chi connectivity index (χ4v) is 3.07. The molecule has 0 saturated heterocycles. The van der Waals surface area contributed by atoms with Gasteiger partial charge in [-0.05, 0) is 77.9 Å². The molecule has 1 aliphatic carbocycles. The maximum Gasteiger partial charge on any atom is 0.119 e. The van der Waals surface area contributed by atoms with Crippen molar-refractivity contribution in [1.82, 2.24) is 14.7 Å². The van der Waals surface area contributed by atoms with E-state index in [1.807, 2.05) is 20.0 Å². The molecule has 0 aliphatic heterocycles. The van der Waals surface area contributed by atoms with Gasteiger partial charge in [-0.25, -0.2) is 0 Å². The highest BCUT2D eigenvalue weighted by Crippen LogP contribution is 2.37. The van der Waals surface area contributed by atoms with E-state index in [0.29, 0.717) is 6.04 Å². The van der Waals surface area contributed by atoms with Crippen LogP contribution in [-0.4, -0.2) is 34.4 Å². The predicted octanol–water partition coefficient (Wildman–Crippen LogP) is 4.33. The van der Waals surface area contributed by atoms with Gasteiger partial charge < -0.3 is 9.64 Å². The molecule has 1 aliphatic rings. The van der Waals surface area contributed by atoms with E-state index < -0.39 is 0 Å². The van der Waals surface area contributed by atoms with Gasteiger partial charge in [-0.15, -0.1) is 0 Å². The summed E-state index contributed by atoms with van der Waals surface area (Å²) in [6.07, 6.45) is 5.98. The van der Waals surface area contributed by atoms with Crippen molar-refractivity contribution < 1.29 is 4.74 Å². The van der Waals surface area contributed by atoms with Gasteiger partial charge in [0.2, 0.25) is 0 Å². The standard InChI is InChI=1S/C20H28N3O/c1-5-22(4)14-17-13-21-23(18-7-6-8-18)20(17)16-9-11-19(12-10-16)24-15(2)3/h9-13,15,18H,1,5-8,14H2,2-4H3. The summed E-state index contributed by atoms with van der Waals surface area (Å²) < 4.78 is 8.00. The van der Waals surface area contributed by atoms with Gasteiger partial charge in [0, 0.05) is 17.7 Å². The average Bonchev–Trinajstić information content (AvgIpc) is 2.89. The topological polar surface area (TPSA) is 30.3 Å². The summed E-state index contributed by atoms with van der Waals surface area (Å²) in [4.78, 5) is 2.21. The Labute approximate surface area is 145 Å². The maximum atomic E-state index is 5.77. The second kappa shape index (κ2) is 7.39. The van der Waals surface area contributed by atoms with Gasteiger partial charge in [-0.3, -0.25) is 4.68 Å². The number of aromatic nitrogens is 2. The van der Waals surface area contributed by atoms with Crippen molar-refractivity contribution in [3.05, 3.63) is 42.9 Å². The van der Waals surface area contributed by atoms with Crippen molar-refractivity contribution in [1.29, 1.82) is 0 Å². The maximum absolute atomic E-state index is 5.77. The minimum absolute atomic E-state index is 0.192. The lowest BCUT2D eigenvalue weighted by atomic mass is 9.92. The van der Waals surface area contributed by atoms with E-state index in [2.05, 4.69) is 47.8 Å². The molecule has 1 saturated carbocycles. The molecule has 0 bridgehead atoms. The number of nitrogens with zero attached hydrogens (tertiary/aromatic N) is 3. The smallest absolute Gasteiger partial charge is 0.119 e. The van der Waals surface area contributed by atoms with E-state index in [9.17, 15) is 0 Å². The Kier molecular flexibility index (Phi) is 5.24. The zero-order valence-electron chi connectivity index (χ0n) is 15.0. The molecule has 1 heterocycles. The largest absolute Gasteiger partial charge is 0.491 e. The van der Waals surface area contributed by atoms with Crippen LogP contribution in [0.15, 0.2) is 30.5 Å². The summed E-state index contributed by atoms with van der Waals surface area (Å²) in [6.45, 7) is 9.73. The van der Waals surface area contributed by atoms with Crippen molar-refractivity contribution in [2.24, 2.45) is 0 Å². The Balaban J connectivity index is 1.92. The highest BCUT2D eigenvalue weighted by molar-refractivity contribution is 5.64. The van der Waals surface area contributed by atoms with Crippen molar-refractivity contribution in [3.63, 3.8) is 0 Å². The minimum Gasteiger partial charge on any atom is -0.491 e. The third-order valence-electron chi connectivity index (χ3n) is 4.61. The SMILES string of the molecule is [CH2]CN(C)Cc1cnn(C2CCC2)c1-c1ccc(OC(C)C)cc1. The van der Waals surface area contributed by atoms with E-state index in [4.69, 9.17) is 9.84 Å². The fourth-order valence-electron chi connectivity index (χ4n) is 3.07. The molecule has 3 rings (SSSR count). The first-order valence-electron chi connectivity index (χ1n) is 8.89. The Morgan fingerprint density at radius 1 is 1.29 bits per heavy atom. The van der Waals surface area contributed by atoms with E-state index in [-0.39, 0.29) is 6.10 Å². The normalized spacial score (nSPS) is 15.1. The van der Waals surface area contributed by atoms with Crippen LogP contribution in [0.5, 0.6) is 5.75 Å². The Morgan fingerprint density at radius 3 is 2.54 bits per heavy atom. The van der Waals surface area contributed by atoms with Gasteiger partial charge in [-0.1, -0.05) is 0 Å². The lowest BCUT2D eigenvalue weighted by Crippen LogP contribution is -2.20. The molecule has 0 spiro atoms. The van der Waals surface area contributed by atoms with Crippen LogP contribution in [0.4, 0.5) is 0 Å². The van der Waals surface area contributed by atoms with Crippen LogP contribution < -0.4 is 4.74 Å². The number of hydrogen-bond acceptors (Lipinski definition) is 3. The highest BCUT2D eigenvalue weighted by Gasteiger charge is 2.25. The van der Waals surface area contributed by atoms with Crippen LogP contribution >= 0.6 is 0 Å². The van der Waals surface area contributed by atoms with Crippen LogP contribution in [0, 0.1) is 6.92 Å². The quantitative estimate of drug-likeness (QED) is 0.759. The molecule has 1 aromatic heterocycles. The molecule has 1 fully saturated rings. The molecule has 4 nitrogen and oxygen atoms in total. The Bertz CT molecular complexity index is 656. The van der Waals surface area contributed by atoms with Gasteiger partial charge in [0.05, 0.1) is 24.0 Å². The summed E-state index contributed by atoms with van der Waals surface area (Å²) in [6, 6.07) is 8.96. The van der Waals surface area contributed by atoms with E-state index in [0.717, 1.165) is 18.8 Å². The van der Waals surface area contributed by atoms with Gasteiger partial charge in [0.25, 0.3) is 0 Å². The van der Waals surface area contributed by atoms with Crippen LogP contribution in [-0.2, 0) is 6.54 Å². The van der Waals surface area contributed by atoms with E-state index in [1.54, 1.807) is 0 Å². The molecule has 1 aromatic carbocycles. The van der Waals surface area contributed by atoms with Crippen molar-refractivity contribution in [2.45, 2.75) is 51.8 Å². The van der Waals surface area contributed by atoms with Crippen molar-refractivity contribution in [2.75, 3.05) is 13.6 Å². The average molecular weight is 326 g/mol. The highest BCUT2D eigenvalue weighted by atomic mass is 16.5. The van der Waals surface area contributed by atoms with Crippen LogP contribution in [0.1, 0.15) is 44.7 Å². The fraction of sp³-hybridized carbons (Fsp3) is 0.500. The lowest BCUT2D eigenvalue weighted by Gasteiger charge is -2.28. The van der Waals surface area contributed by atoms with Gasteiger partial charge in [0.1, 0.15) is 5.75 Å². The van der Waals surface area contributed by atoms with E-state index >= 15 is 0 Å². The molecule has 2 aromatic rings. The molecule has 1 radical (unpaired) electrons. The Morgan fingerprint density at radius 2 is 2.00 bits per heavy atom. The monoisotopic (exact) mass is 326 g/mol. The first kappa shape index (κ1) is 17.0. The molecule has 129 valence electrons. The third kappa shape index (κ3) is 3.64. The molecule has 0 atom stereocenters. The summed E-state index contributed by atoms with van der Waals surface area (Å²) in [7, 11) is 2.09. The van der Waals surface area contributed by atoms with Gasteiger partial charge in [0.15, 0.2) is 0 Å². The Hall–Kier alpha value is -1.81. The molecule has 0 N–H and O–H groups in total. The van der Waals surface area contributed by atoms with Gasteiger partial charge in [-0.2, -0.15) is 5.10 Å². The van der Waals surface area contributed by atoms with Crippen molar-refractivity contribution >= 4 is 0 Å². The lowest BCUT2D eigenvalue weighted by molar-refractivity contribution is 0.242. The second-order valence-electron chi connectivity index (χ2n) is 6.98. The number of ether oxygens (including phenoxy) is 1. The number of rotatable bonds is 7. The second-order valence-corrected chi connectivity index (χ2v) is 6.98.